The molecule has 1 heterocycles. The van der Waals surface area contributed by atoms with Gasteiger partial charge in [0, 0.05) is 18.3 Å². The second-order valence-corrected chi connectivity index (χ2v) is 6.44. The highest BCUT2D eigenvalue weighted by molar-refractivity contribution is 5.83. The highest BCUT2D eigenvalue weighted by Gasteiger charge is 2.21. The number of carbonyl (C=O) groups excluding carboxylic acids is 1. The van der Waals surface area contributed by atoms with Gasteiger partial charge in [-0.25, -0.2) is 4.79 Å². The Kier molecular flexibility index (Phi) is 6.93. The lowest BCUT2D eigenvalue weighted by molar-refractivity contribution is -0.142. The monoisotopic (exact) mass is 323 g/mol. The normalized spacial score (nSPS) is 12.7. The van der Waals surface area contributed by atoms with Gasteiger partial charge in [0.1, 0.15) is 6.04 Å². The summed E-state index contributed by atoms with van der Waals surface area (Å²) in [4.78, 5) is 27.2. The highest BCUT2D eigenvalue weighted by atomic mass is 16.5. The Bertz CT molecular complexity index is 546. The third-order valence-electron chi connectivity index (χ3n) is 3.23. The van der Waals surface area contributed by atoms with E-state index in [2.05, 4.69) is 22.0 Å². The van der Waals surface area contributed by atoms with E-state index in [1.165, 1.54) is 0 Å². The highest BCUT2D eigenvalue weighted by Crippen LogP contribution is 2.18. The number of allylic oxidation sites excluding steroid dienone is 1. The summed E-state index contributed by atoms with van der Waals surface area (Å²) in [5.41, 5.74) is -0.182. The molecule has 0 spiro atoms. The topological polar surface area (TPSA) is 105 Å². The number of aryl methyl sites for hydroxylation is 1. The predicted octanol–water partition coefficient (Wildman–Crippen LogP) is 2.23. The van der Waals surface area contributed by atoms with E-state index in [0.29, 0.717) is 37.4 Å². The van der Waals surface area contributed by atoms with Gasteiger partial charge >= 0.3 is 5.97 Å². The Morgan fingerprint density at radius 1 is 1.43 bits per heavy atom. The second kappa shape index (κ2) is 8.45. The maximum Gasteiger partial charge on any atom is 0.326 e. The van der Waals surface area contributed by atoms with Crippen LogP contribution in [0.15, 0.2) is 17.2 Å². The molecule has 1 atom stereocenters. The molecule has 1 aromatic rings. The van der Waals surface area contributed by atoms with Crippen molar-refractivity contribution in [3.05, 3.63) is 24.4 Å². The number of aliphatic carboxylic acids is 1. The van der Waals surface area contributed by atoms with Crippen molar-refractivity contribution in [3.63, 3.8) is 0 Å². The summed E-state index contributed by atoms with van der Waals surface area (Å²) in [6.45, 7) is 9.52. The zero-order valence-corrected chi connectivity index (χ0v) is 14.0. The summed E-state index contributed by atoms with van der Waals surface area (Å²) in [5.74, 6) is -0.208. The number of hydrogen-bond acceptors (Lipinski definition) is 5. The van der Waals surface area contributed by atoms with Crippen LogP contribution in [0.1, 0.15) is 58.2 Å². The molecule has 0 saturated carbocycles. The van der Waals surface area contributed by atoms with Crippen molar-refractivity contribution < 1.29 is 19.2 Å². The second-order valence-electron chi connectivity index (χ2n) is 6.44. The molecule has 0 aliphatic carbocycles. The molecule has 7 nitrogen and oxygen atoms in total. The van der Waals surface area contributed by atoms with Crippen molar-refractivity contribution in [2.75, 3.05) is 0 Å². The van der Waals surface area contributed by atoms with E-state index in [-0.39, 0.29) is 17.7 Å². The first kappa shape index (κ1) is 18.9. The molecule has 0 bridgehead atoms. The van der Waals surface area contributed by atoms with E-state index in [9.17, 15) is 9.59 Å². The van der Waals surface area contributed by atoms with Crippen LogP contribution in [0.4, 0.5) is 0 Å². The van der Waals surface area contributed by atoms with E-state index in [4.69, 9.17) is 9.63 Å². The summed E-state index contributed by atoms with van der Waals surface area (Å²) in [6, 6.07) is -0.878. The van der Waals surface area contributed by atoms with Gasteiger partial charge in [0.25, 0.3) is 0 Å². The zero-order chi connectivity index (χ0) is 17.5. The minimum atomic E-state index is -1.04. The van der Waals surface area contributed by atoms with Gasteiger partial charge in [0.2, 0.25) is 11.8 Å². The number of carboxylic acids is 1. The molecule has 0 aliphatic rings. The van der Waals surface area contributed by atoms with Crippen LogP contribution >= 0.6 is 0 Å². The van der Waals surface area contributed by atoms with E-state index < -0.39 is 12.0 Å². The summed E-state index contributed by atoms with van der Waals surface area (Å²) >= 11 is 0. The number of rotatable bonds is 9. The fourth-order valence-electron chi connectivity index (χ4n) is 1.87. The smallest absolute Gasteiger partial charge is 0.326 e. The van der Waals surface area contributed by atoms with E-state index in [0.717, 1.165) is 0 Å². The van der Waals surface area contributed by atoms with E-state index in [1.807, 2.05) is 20.8 Å². The van der Waals surface area contributed by atoms with Crippen LogP contribution in [0.5, 0.6) is 0 Å². The molecule has 7 heteroatoms. The van der Waals surface area contributed by atoms with Crippen LogP contribution in [0, 0.1) is 0 Å². The molecule has 1 amide bonds. The van der Waals surface area contributed by atoms with Gasteiger partial charge in [-0.1, -0.05) is 32.0 Å². The summed E-state index contributed by atoms with van der Waals surface area (Å²) in [5, 5.41) is 15.5. The number of aromatic nitrogens is 2. The van der Waals surface area contributed by atoms with Crippen molar-refractivity contribution in [2.24, 2.45) is 0 Å². The predicted molar refractivity (Wildman–Crippen MR) is 84.9 cm³/mol. The molecule has 0 aromatic carbocycles. The van der Waals surface area contributed by atoms with Crippen LogP contribution in [-0.2, 0) is 21.4 Å². The number of amides is 1. The average molecular weight is 323 g/mol. The van der Waals surface area contributed by atoms with Gasteiger partial charge in [0.15, 0.2) is 5.82 Å². The summed E-state index contributed by atoms with van der Waals surface area (Å²) in [6.07, 6.45) is 3.72. The van der Waals surface area contributed by atoms with Crippen LogP contribution in [-0.4, -0.2) is 33.2 Å². The quantitative estimate of drug-likeness (QED) is 0.675. The maximum absolute atomic E-state index is 11.8. The van der Waals surface area contributed by atoms with Gasteiger partial charge in [-0.3, -0.25) is 4.79 Å². The lowest BCUT2D eigenvalue weighted by Gasteiger charge is -2.13. The van der Waals surface area contributed by atoms with Crippen molar-refractivity contribution in [3.8, 4) is 0 Å². The molecular formula is C16H25N3O4. The lowest BCUT2D eigenvalue weighted by Crippen LogP contribution is -2.40. The molecule has 0 radical (unpaired) electrons. The number of nitrogens with one attached hydrogen (secondary N) is 1. The first-order valence-corrected chi connectivity index (χ1v) is 7.70. The SMILES string of the molecule is C=CCCC(NC(=O)CCCc1nc(C(C)(C)C)no1)C(=O)O. The van der Waals surface area contributed by atoms with Crippen molar-refractivity contribution in [2.45, 2.75) is 64.3 Å². The number of carboxylic acid groups (broad SMARTS) is 1. The lowest BCUT2D eigenvalue weighted by atomic mass is 9.96. The molecule has 23 heavy (non-hydrogen) atoms. The summed E-state index contributed by atoms with van der Waals surface area (Å²) < 4.78 is 5.15. The number of hydrogen-bond donors (Lipinski definition) is 2. The molecule has 1 aromatic heterocycles. The minimum Gasteiger partial charge on any atom is -0.480 e. The Labute approximate surface area is 136 Å². The molecule has 0 aliphatic heterocycles. The molecule has 1 unspecified atom stereocenters. The van der Waals surface area contributed by atoms with Crippen molar-refractivity contribution in [1.82, 2.24) is 15.5 Å². The molecule has 0 saturated heterocycles. The number of nitrogens with zero attached hydrogens (tertiary/aromatic N) is 2. The average Bonchev–Trinajstić information content (AvgIpc) is 2.92. The summed E-state index contributed by atoms with van der Waals surface area (Å²) in [7, 11) is 0. The Morgan fingerprint density at radius 2 is 2.13 bits per heavy atom. The molecule has 1 rings (SSSR count). The molecule has 128 valence electrons. The number of carbonyl (C=O) groups is 2. The van der Waals surface area contributed by atoms with Gasteiger partial charge < -0.3 is 14.9 Å². The zero-order valence-electron chi connectivity index (χ0n) is 14.0. The third-order valence-corrected chi connectivity index (χ3v) is 3.23. The minimum absolute atomic E-state index is 0.182. The van der Waals surface area contributed by atoms with Crippen LogP contribution in [0.3, 0.4) is 0 Å². The first-order valence-electron chi connectivity index (χ1n) is 7.70. The van der Waals surface area contributed by atoms with Crippen LogP contribution in [0.2, 0.25) is 0 Å². The van der Waals surface area contributed by atoms with Gasteiger partial charge in [-0.05, 0) is 19.3 Å². The first-order chi connectivity index (χ1) is 10.7. The largest absolute Gasteiger partial charge is 0.480 e. The van der Waals surface area contributed by atoms with E-state index in [1.54, 1.807) is 6.08 Å². The van der Waals surface area contributed by atoms with Gasteiger partial charge in [0.05, 0.1) is 0 Å². The third kappa shape index (κ3) is 6.63. The van der Waals surface area contributed by atoms with Gasteiger partial charge in [-0.2, -0.15) is 4.98 Å². The standard InChI is InChI=1S/C16H25N3O4/c1-5-6-8-11(14(21)22)17-12(20)9-7-10-13-18-15(19-23-13)16(2,3)4/h5,11H,1,6-10H2,2-4H3,(H,17,20)(H,21,22). The Morgan fingerprint density at radius 3 is 2.65 bits per heavy atom. The molecular weight excluding hydrogens is 298 g/mol. The molecule has 2 N–H and O–H groups in total. The van der Waals surface area contributed by atoms with Crippen LogP contribution in [0.25, 0.3) is 0 Å². The maximum atomic E-state index is 11.8. The van der Waals surface area contributed by atoms with Gasteiger partial charge in [-0.15, -0.1) is 6.58 Å². The fraction of sp³-hybridized carbons (Fsp3) is 0.625. The Hall–Kier alpha value is -2.18. The van der Waals surface area contributed by atoms with Crippen molar-refractivity contribution in [1.29, 1.82) is 0 Å². The molecule has 0 fully saturated rings. The van der Waals surface area contributed by atoms with E-state index >= 15 is 0 Å². The Balaban J connectivity index is 2.39. The fourth-order valence-corrected chi connectivity index (χ4v) is 1.87. The van der Waals surface area contributed by atoms with Crippen LogP contribution < -0.4 is 5.32 Å². The van der Waals surface area contributed by atoms with Crippen molar-refractivity contribution >= 4 is 11.9 Å².